The third-order valence-electron chi connectivity index (χ3n) is 16.7. The molecular formula is C94H150NO8+. The second-order valence-corrected chi connectivity index (χ2v) is 27.6. The van der Waals surface area contributed by atoms with Crippen molar-refractivity contribution in [2.45, 2.75) is 309 Å². The number of hydrogen-bond acceptors (Lipinski definition) is 7. The number of allylic oxidation sites excluding steroid dienone is 36. The first-order chi connectivity index (χ1) is 50.6. The molecule has 2 atom stereocenters. The summed E-state index contributed by atoms with van der Waals surface area (Å²) in [5.41, 5.74) is 0. The molecule has 9 nitrogen and oxygen atoms in total. The minimum Gasteiger partial charge on any atom is -0.477 e. The number of carbonyl (C=O) groups excluding carboxylic acids is 2. The lowest BCUT2D eigenvalue weighted by atomic mass is 10.0. The summed E-state index contributed by atoms with van der Waals surface area (Å²) >= 11 is 0. The third kappa shape index (κ3) is 82.8. The van der Waals surface area contributed by atoms with E-state index in [1.54, 1.807) is 0 Å². The molecule has 1 N–H and O–H groups in total. The molecule has 103 heavy (non-hydrogen) atoms. The average molecular weight is 1420 g/mol. The van der Waals surface area contributed by atoms with Crippen LogP contribution in [0.5, 0.6) is 0 Å². The summed E-state index contributed by atoms with van der Waals surface area (Å²) in [7, 11) is 5.97. The molecule has 0 aliphatic carbocycles. The molecule has 0 heterocycles. The summed E-state index contributed by atoms with van der Waals surface area (Å²) in [6, 6.07) is 0. The largest absolute Gasteiger partial charge is 0.477 e. The molecule has 0 fully saturated rings. The zero-order valence-electron chi connectivity index (χ0n) is 66.1. The fraction of sp³-hybridized carbons (Fsp3) is 0.585. The van der Waals surface area contributed by atoms with Gasteiger partial charge in [-0.2, -0.15) is 0 Å². The van der Waals surface area contributed by atoms with E-state index >= 15 is 0 Å². The minimum atomic E-state index is -1.53. The highest BCUT2D eigenvalue weighted by Crippen LogP contribution is 2.17. The molecule has 0 spiro atoms. The van der Waals surface area contributed by atoms with Crippen molar-refractivity contribution in [3.63, 3.8) is 0 Å². The van der Waals surface area contributed by atoms with Crippen LogP contribution in [-0.4, -0.2) is 87.4 Å². The Balaban J connectivity index is 4.13. The van der Waals surface area contributed by atoms with Crippen molar-refractivity contribution in [3.05, 3.63) is 219 Å². The maximum atomic E-state index is 13.0. The number of esters is 2. The first-order valence-electron chi connectivity index (χ1n) is 40.9. The standard InChI is InChI=1S/C94H149NO8/c1-6-8-10-12-14-16-18-20-22-24-26-28-30-32-34-36-38-40-42-44-46-48-50-52-54-56-58-60-62-64-66-68-70-72-74-76-78-80-82-84-91(96)101-88-90(89-102-94(93(98)99)100-87-86-95(3,4)5)103-92(97)85-83-81-79-77-75-73-71-69-67-65-63-61-59-57-55-53-51-49-47-45-43-41-39-37-35-33-31-29-27-25-23-21-19-17-15-13-11-9-7-2/h8-11,14-17,20-23,26-29,32-35,38-41,44-47,50-53,57,59,63,65,90,94H,6-7,12-13,18-19,24-25,30-31,36-37,42-43,48-49,54-56,58,60-62,64,66-89H2,1-5H3/p+1/b10-8-,11-9-,16-14-,17-15-,22-20-,23-21-,28-26-,29-27-,34-32-,35-33-,40-38-,41-39-,46-44-,47-45-,52-50-,53-51-,59-57-,65-63-. The zero-order valence-corrected chi connectivity index (χ0v) is 66.1. The van der Waals surface area contributed by atoms with Crippen LogP contribution in [0.1, 0.15) is 296 Å². The van der Waals surface area contributed by atoms with Crippen LogP contribution in [-0.2, 0) is 33.3 Å². The zero-order chi connectivity index (χ0) is 74.6. The number of nitrogens with zero attached hydrogens (tertiary/aromatic N) is 1. The molecular weight excluding hydrogens is 1270 g/mol. The fourth-order valence-electron chi connectivity index (χ4n) is 10.6. The quantitative estimate of drug-likeness (QED) is 0.0211. The molecule has 9 heteroatoms. The van der Waals surface area contributed by atoms with E-state index in [4.69, 9.17) is 18.9 Å². The van der Waals surface area contributed by atoms with Gasteiger partial charge in [0, 0.05) is 12.8 Å². The van der Waals surface area contributed by atoms with Crippen molar-refractivity contribution in [2.24, 2.45) is 0 Å². The third-order valence-corrected chi connectivity index (χ3v) is 16.7. The van der Waals surface area contributed by atoms with Crippen molar-refractivity contribution < 1.29 is 42.9 Å². The van der Waals surface area contributed by atoms with Gasteiger partial charge in [-0.15, -0.1) is 0 Å². The van der Waals surface area contributed by atoms with Gasteiger partial charge in [-0.1, -0.05) is 348 Å². The molecule has 0 saturated carbocycles. The van der Waals surface area contributed by atoms with Gasteiger partial charge in [0.05, 0.1) is 34.4 Å². The minimum absolute atomic E-state index is 0.176. The Bertz CT molecular complexity index is 2510. The number of hydrogen-bond donors (Lipinski definition) is 1. The number of quaternary nitrogens is 1. The van der Waals surface area contributed by atoms with E-state index < -0.39 is 24.3 Å². The van der Waals surface area contributed by atoms with Crippen molar-refractivity contribution in [3.8, 4) is 0 Å². The van der Waals surface area contributed by atoms with Gasteiger partial charge >= 0.3 is 17.9 Å². The van der Waals surface area contributed by atoms with Crippen molar-refractivity contribution in [1.82, 2.24) is 0 Å². The fourth-order valence-corrected chi connectivity index (χ4v) is 10.6. The molecule has 0 aromatic rings. The topological polar surface area (TPSA) is 108 Å². The molecule has 578 valence electrons. The van der Waals surface area contributed by atoms with E-state index in [1.165, 1.54) is 103 Å². The average Bonchev–Trinajstić information content (AvgIpc) is 0.985. The van der Waals surface area contributed by atoms with E-state index in [2.05, 4.69) is 233 Å². The lowest BCUT2D eigenvalue weighted by Crippen LogP contribution is -2.40. The monoisotopic (exact) mass is 1420 g/mol. The summed E-state index contributed by atoms with van der Waals surface area (Å²) in [4.78, 5) is 37.8. The van der Waals surface area contributed by atoms with Gasteiger partial charge in [-0.05, 0) is 154 Å². The summed E-state index contributed by atoms with van der Waals surface area (Å²) in [5.74, 6) is -2.03. The Labute approximate surface area is 632 Å². The van der Waals surface area contributed by atoms with Crippen LogP contribution in [0, 0.1) is 0 Å². The molecule has 0 aliphatic rings. The number of carboxylic acids is 1. The molecule has 0 aliphatic heterocycles. The van der Waals surface area contributed by atoms with E-state index in [-0.39, 0.29) is 38.6 Å². The molecule has 0 saturated heterocycles. The van der Waals surface area contributed by atoms with Crippen LogP contribution < -0.4 is 0 Å². The highest BCUT2D eigenvalue weighted by atomic mass is 16.7. The van der Waals surface area contributed by atoms with E-state index in [0.717, 1.165) is 161 Å². The van der Waals surface area contributed by atoms with Crippen molar-refractivity contribution in [2.75, 3.05) is 47.5 Å². The smallest absolute Gasteiger partial charge is 0.361 e. The Morgan fingerprint density at radius 3 is 0.777 bits per heavy atom. The number of ether oxygens (including phenoxy) is 4. The maximum absolute atomic E-state index is 13.0. The lowest BCUT2D eigenvalue weighted by Gasteiger charge is -2.25. The lowest BCUT2D eigenvalue weighted by molar-refractivity contribution is -0.870. The number of unbranched alkanes of at least 4 members (excludes halogenated alkanes) is 22. The molecule has 0 rings (SSSR count). The second kappa shape index (κ2) is 81.3. The van der Waals surface area contributed by atoms with Gasteiger partial charge in [-0.3, -0.25) is 9.59 Å². The Morgan fingerprint density at radius 1 is 0.291 bits per heavy atom. The van der Waals surface area contributed by atoms with E-state index in [9.17, 15) is 19.5 Å². The SMILES string of the molecule is CC/C=C\C/C=C\C/C=C\C/C=C\C/C=C\C/C=C\C/C=C\C/C=C\C/C=C\C/C=C\CCCCCCCCCCC(=O)OC(COC(=O)CCCCCCCCCCCCCCCC/C=C\C/C=C\C/C=C\C/C=C\C/C=C\C/C=C\C/C=C\C/C=C\CC)COC(OCC[N+](C)(C)C)C(=O)O. The van der Waals surface area contributed by atoms with Crippen molar-refractivity contribution in [1.29, 1.82) is 0 Å². The molecule has 0 aromatic carbocycles. The molecule has 0 radical (unpaired) electrons. The predicted molar refractivity (Wildman–Crippen MR) is 446 cm³/mol. The van der Waals surface area contributed by atoms with E-state index in [0.29, 0.717) is 17.4 Å². The molecule has 2 unspecified atom stereocenters. The van der Waals surface area contributed by atoms with Crippen LogP contribution in [0.2, 0.25) is 0 Å². The first kappa shape index (κ1) is 96.6. The maximum Gasteiger partial charge on any atom is 0.361 e. The Morgan fingerprint density at radius 2 is 0.524 bits per heavy atom. The molecule has 0 aromatic heterocycles. The van der Waals surface area contributed by atoms with Gasteiger partial charge in [0.2, 0.25) is 0 Å². The Hall–Kier alpha value is -6.39. The number of carbonyl (C=O) groups is 3. The predicted octanol–water partition coefficient (Wildman–Crippen LogP) is 26.8. The first-order valence-corrected chi connectivity index (χ1v) is 40.9. The van der Waals surface area contributed by atoms with Gasteiger partial charge in [0.1, 0.15) is 13.2 Å². The van der Waals surface area contributed by atoms with Crippen LogP contribution in [0.15, 0.2) is 219 Å². The summed E-state index contributed by atoms with van der Waals surface area (Å²) in [5, 5.41) is 9.78. The number of aliphatic carboxylic acids is 1. The number of likely N-dealkylation sites (N-methyl/N-ethyl adjacent to an activating group) is 1. The van der Waals surface area contributed by atoms with Gasteiger partial charge in [0.25, 0.3) is 6.29 Å². The number of rotatable bonds is 73. The van der Waals surface area contributed by atoms with Crippen LogP contribution in [0.3, 0.4) is 0 Å². The van der Waals surface area contributed by atoms with Gasteiger partial charge in [-0.25, -0.2) is 4.79 Å². The summed E-state index contributed by atoms with van der Waals surface area (Å²) < 4.78 is 23.0. The van der Waals surface area contributed by atoms with Crippen LogP contribution in [0.25, 0.3) is 0 Å². The molecule has 0 bridgehead atoms. The molecule has 0 amide bonds. The normalized spacial score (nSPS) is 13.8. The van der Waals surface area contributed by atoms with E-state index in [1.807, 2.05) is 21.1 Å². The highest BCUT2D eigenvalue weighted by molar-refractivity contribution is 5.71. The second-order valence-electron chi connectivity index (χ2n) is 27.6. The van der Waals surface area contributed by atoms with Gasteiger partial charge < -0.3 is 28.5 Å². The van der Waals surface area contributed by atoms with Crippen LogP contribution >= 0.6 is 0 Å². The highest BCUT2D eigenvalue weighted by Gasteiger charge is 2.25. The van der Waals surface area contributed by atoms with Gasteiger partial charge in [0.15, 0.2) is 6.10 Å². The summed E-state index contributed by atoms with van der Waals surface area (Å²) in [6.45, 7) is 4.63. The van der Waals surface area contributed by atoms with Crippen molar-refractivity contribution >= 4 is 17.9 Å². The van der Waals surface area contributed by atoms with Crippen LogP contribution in [0.4, 0.5) is 0 Å². The Kier molecular flexibility index (Phi) is 76.2. The number of carboxylic acid groups (broad SMARTS) is 1. The summed E-state index contributed by atoms with van der Waals surface area (Å²) in [6.07, 6.45) is 125.